The molecule has 0 aliphatic carbocycles. The topological polar surface area (TPSA) is 42.7 Å². The number of carbonyl (C=O) groups excluding carboxylic acids is 1. The summed E-state index contributed by atoms with van der Waals surface area (Å²) in [6.07, 6.45) is 1.33. The fourth-order valence-corrected chi connectivity index (χ4v) is 0.609. The monoisotopic (exact) mass is 142 g/mol. The van der Waals surface area contributed by atoms with Crippen molar-refractivity contribution in [3.05, 3.63) is 0 Å². The first-order valence-electron chi connectivity index (χ1n) is 3.64. The number of Topliss-reactive ketones (excluding diaryl/α,β-unsaturated/α-hetero) is 1. The molecule has 0 unspecified atom stereocenters. The smallest absolute Gasteiger partial charge is 0.146 e. The van der Waals surface area contributed by atoms with E-state index in [2.05, 4.69) is 0 Å². The Kier molecular flexibility index (Phi) is 3.93. The van der Waals surface area contributed by atoms with Crippen molar-refractivity contribution in [2.24, 2.45) is 5.92 Å². The fourth-order valence-electron chi connectivity index (χ4n) is 0.609. The van der Waals surface area contributed by atoms with Crippen LogP contribution in [0, 0.1) is 5.92 Å². The van der Waals surface area contributed by atoms with Crippen LogP contribution in [0.25, 0.3) is 0 Å². The highest BCUT2D eigenvalue weighted by Crippen LogP contribution is 2.00. The predicted octanol–water partition coefficient (Wildman–Crippen LogP) is 0.212. The molecule has 2 nitrogen and oxygen atoms in total. The van der Waals surface area contributed by atoms with Gasteiger partial charge in [0.1, 0.15) is 11.5 Å². The number of ketones is 1. The minimum Gasteiger partial charge on any atom is -0.299 e. The van der Waals surface area contributed by atoms with Gasteiger partial charge in [-0.1, -0.05) is 13.8 Å². The molecule has 0 atom stereocenters. The van der Waals surface area contributed by atoms with Crippen LogP contribution in [0.3, 0.4) is 0 Å². The summed E-state index contributed by atoms with van der Waals surface area (Å²) < 4.78 is 0. The molecule has 0 spiro atoms. The van der Waals surface area contributed by atoms with Gasteiger partial charge in [-0.15, -0.1) is 0 Å². The Hall–Kier alpha value is -0.660. The van der Waals surface area contributed by atoms with Crippen molar-refractivity contribution in [2.45, 2.75) is 33.6 Å². The molecule has 0 rings (SSSR count). The van der Waals surface area contributed by atoms with Crippen LogP contribution in [0.1, 0.15) is 33.6 Å². The van der Waals surface area contributed by atoms with Crippen molar-refractivity contribution in [3.8, 4) is 0 Å². The molecule has 0 aromatic rings. The molecule has 0 radical (unpaired) electrons. The Bertz CT molecular complexity index is 138. The van der Waals surface area contributed by atoms with Crippen LogP contribution < -0.4 is 5.41 Å². The van der Waals surface area contributed by atoms with E-state index in [-0.39, 0.29) is 5.92 Å². The molecule has 0 aromatic carbocycles. The summed E-state index contributed by atoms with van der Waals surface area (Å²) in [5.74, 6) is 0.448. The van der Waals surface area contributed by atoms with Crippen LogP contribution >= 0.6 is 0 Å². The van der Waals surface area contributed by atoms with E-state index in [0.717, 1.165) is 12.1 Å². The number of hydrogen-bond acceptors (Lipinski definition) is 1. The SMILES string of the molecule is CC(=[NH2+])CCC(=O)C(C)C. The summed E-state index contributed by atoms with van der Waals surface area (Å²) in [6, 6.07) is 0. The summed E-state index contributed by atoms with van der Waals surface area (Å²) >= 11 is 0. The zero-order chi connectivity index (χ0) is 8.15. The van der Waals surface area contributed by atoms with Crippen molar-refractivity contribution in [3.63, 3.8) is 0 Å². The van der Waals surface area contributed by atoms with Crippen LogP contribution in [-0.2, 0) is 4.79 Å². The highest BCUT2D eigenvalue weighted by molar-refractivity contribution is 5.85. The van der Waals surface area contributed by atoms with Gasteiger partial charge >= 0.3 is 0 Å². The highest BCUT2D eigenvalue weighted by Gasteiger charge is 2.07. The van der Waals surface area contributed by atoms with E-state index in [1.165, 1.54) is 0 Å². The molecule has 0 aromatic heterocycles. The average Bonchev–Trinajstić information content (AvgIpc) is 1.82. The molecule has 0 saturated carbocycles. The number of carbonyl (C=O) groups is 1. The van der Waals surface area contributed by atoms with E-state index in [4.69, 9.17) is 5.41 Å². The molecule has 2 heteroatoms. The first-order chi connectivity index (χ1) is 4.54. The van der Waals surface area contributed by atoms with Crippen molar-refractivity contribution in [1.82, 2.24) is 0 Å². The third-order valence-electron chi connectivity index (χ3n) is 1.41. The zero-order valence-electron chi connectivity index (χ0n) is 6.98. The molecule has 0 fully saturated rings. The first-order valence-corrected chi connectivity index (χ1v) is 3.64. The highest BCUT2D eigenvalue weighted by atomic mass is 16.1. The molecular weight excluding hydrogens is 126 g/mol. The Balaban J connectivity index is 3.50. The van der Waals surface area contributed by atoms with Gasteiger partial charge in [0.15, 0.2) is 0 Å². The lowest BCUT2D eigenvalue weighted by molar-refractivity contribution is -0.125. The third kappa shape index (κ3) is 4.24. The molecule has 0 amide bonds. The summed E-state index contributed by atoms with van der Waals surface area (Å²) in [7, 11) is 0. The minimum atomic E-state index is 0.152. The Morgan fingerprint density at radius 1 is 1.40 bits per heavy atom. The molecular formula is C8H16NO+. The summed E-state index contributed by atoms with van der Waals surface area (Å²) in [6.45, 7) is 5.66. The van der Waals surface area contributed by atoms with Crippen LogP contribution in [-0.4, -0.2) is 11.5 Å². The second kappa shape index (κ2) is 4.20. The van der Waals surface area contributed by atoms with E-state index >= 15 is 0 Å². The maximum atomic E-state index is 11.0. The quantitative estimate of drug-likeness (QED) is 0.560. The van der Waals surface area contributed by atoms with Gasteiger partial charge < -0.3 is 0 Å². The number of hydrogen-bond donors (Lipinski definition) is 1. The lowest BCUT2D eigenvalue weighted by Gasteiger charge is -1.99. The summed E-state index contributed by atoms with van der Waals surface area (Å²) in [4.78, 5) is 11.0. The minimum absolute atomic E-state index is 0.152. The van der Waals surface area contributed by atoms with E-state index in [1.807, 2.05) is 20.8 Å². The van der Waals surface area contributed by atoms with Gasteiger partial charge in [-0.3, -0.25) is 10.2 Å². The van der Waals surface area contributed by atoms with Gasteiger partial charge in [-0.05, 0) is 0 Å². The second-order valence-electron chi connectivity index (χ2n) is 2.97. The molecule has 0 saturated heterocycles. The largest absolute Gasteiger partial charge is 0.299 e. The molecule has 2 N–H and O–H groups in total. The van der Waals surface area contributed by atoms with Gasteiger partial charge in [-0.2, -0.15) is 0 Å². The summed E-state index contributed by atoms with van der Waals surface area (Å²) in [5, 5.41) is 5.41. The van der Waals surface area contributed by atoms with Gasteiger partial charge in [0, 0.05) is 25.7 Å². The van der Waals surface area contributed by atoms with Gasteiger partial charge in [0.2, 0.25) is 0 Å². The molecule has 58 valence electrons. The zero-order valence-corrected chi connectivity index (χ0v) is 6.98. The van der Waals surface area contributed by atoms with Crippen LogP contribution in [0.4, 0.5) is 0 Å². The fraction of sp³-hybridized carbons (Fsp3) is 0.750. The van der Waals surface area contributed by atoms with Gasteiger partial charge in [-0.25, -0.2) is 0 Å². The molecule has 10 heavy (non-hydrogen) atoms. The Morgan fingerprint density at radius 2 is 1.90 bits per heavy atom. The maximum absolute atomic E-state index is 11.0. The van der Waals surface area contributed by atoms with Gasteiger partial charge in [0.25, 0.3) is 0 Å². The van der Waals surface area contributed by atoms with E-state index in [0.29, 0.717) is 12.2 Å². The molecule has 0 bridgehead atoms. The van der Waals surface area contributed by atoms with E-state index in [1.54, 1.807) is 0 Å². The molecule has 0 heterocycles. The number of rotatable bonds is 4. The lowest BCUT2D eigenvalue weighted by atomic mass is 10.0. The van der Waals surface area contributed by atoms with E-state index < -0.39 is 0 Å². The van der Waals surface area contributed by atoms with Crippen LogP contribution in [0.5, 0.6) is 0 Å². The first kappa shape index (κ1) is 9.34. The molecule has 0 aliphatic heterocycles. The second-order valence-corrected chi connectivity index (χ2v) is 2.97. The molecule has 0 aliphatic rings. The van der Waals surface area contributed by atoms with Crippen molar-refractivity contribution >= 4 is 11.5 Å². The Morgan fingerprint density at radius 3 is 2.20 bits per heavy atom. The normalized spacial score (nSPS) is 10.0. The lowest BCUT2D eigenvalue weighted by Crippen LogP contribution is -2.37. The Labute approximate surface area is 62.1 Å². The van der Waals surface area contributed by atoms with Crippen molar-refractivity contribution in [1.29, 1.82) is 0 Å². The summed E-state index contributed by atoms with van der Waals surface area (Å²) in [5.41, 5.74) is 0.842. The van der Waals surface area contributed by atoms with Crippen molar-refractivity contribution in [2.75, 3.05) is 0 Å². The van der Waals surface area contributed by atoms with E-state index in [9.17, 15) is 4.79 Å². The number of nitrogens with two attached hydrogens (primary N) is 1. The van der Waals surface area contributed by atoms with Gasteiger partial charge in [0.05, 0.1) is 0 Å². The van der Waals surface area contributed by atoms with Crippen LogP contribution in [0.2, 0.25) is 0 Å². The standard InChI is InChI=1S/C8H15NO/c1-6(2)8(10)5-4-7(3)9/h6,9H,4-5H2,1-3H3/p+1. The third-order valence-corrected chi connectivity index (χ3v) is 1.41. The van der Waals surface area contributed by atoms with Crippen LogP contribution in [0.15, 0.2) is 0 Å². The average molecular weight is 142 g/mol. The predicted molar refractivity (Wildman–Crippen MR) is 41.7 cm³/mol. The maximum Gasteiger partial charge on any atom is 0.146 e. The van der Waals surface area contributed by atoms with Crippen molar-refractivity contribution < 1.29 is 10.2 Å².